The Morgan fingerprint density at radius 3 is 2.58 bits per heavy atom. The van der Waals surface area contributed by atoms with Crippen molar-refractivity contribution < 1.29 is 13.2 Å². The number of rotatable bonds is 2. The van der Waals surface area contributed by atoms with E-state index in [1.54, 1.807) is 30.6 Å². The van der Waals surface area contributed by atoms with E-state index in [-0.39, 0.29) is 12.8 Å². The highest BCUT2D eigenvalue weighted by Crippen LogP contribution is 2.52. The molecule has 3 N–H and O–H groups in total. The number of halogens is 3. The first kappa shape index (κ1) is 12.1. The number of hydrogen-bond acceptors (Lipinski definition) is 3. The van der Waals surface area contributed by atoms with Crippen molar-refractivity contribution in [1.29, 1.82) is 0 Å². The van der Waals surface area contributed by atoms with Gasteiger partial charge in [0.25, 0.3) is 0 Å². The minimum atomic E-state index is -4.26. The lowest BCUT2D eigenvalue weighted by Gasteiger charge is -2.23. The van der Waals surface area contributed by atoms with Gasteiger partial charge in [0.1, 0.15) is 5.54 Å². The number of nitrogens with one attached hydrogen (secondary N) is 1. The van der Waals surface area contributed by atoms with Gasteiger partial charge in [-0.1, -0.05) is 6.07 Å². The minimum absolute atomic E-state index is 0.0876. The van der Waals surface area contributed by atoms with Crippen molar-refractivity contribution in [3.8, 4) is 0 Å². The van der Waals surface area contributed by atoms with Gasteiger partial charge in [-0.3, -0.25) is 4.98 Å². The summed E-state index contributed by atoms with van der Waals surface area (Å²) in [5, 5.41) is 4.07. The molecule has 1 aromatic heterocycles. The number of anilines is 2. The summed E-state index contributed by atoms with van der Waals surface area (Å²) in [5.74, 6) is 0. The van der Waals surface area contributed by atoms with Crippen molar-refractivity contribution in [2.45, 2.75) is 24.6 Å². The Hall–Kier alpha value is -1.98. The number of nitrogens with zero attached hydrogens (tertiary/aromatic N) is 1. The summed E-state index contributed by atoms with van der Waals surface area (Å²) in [7, 11) is 0. The molecule has 0 spiro atoms. The summed E-state index contributed by atoms with van der Waals surface area (Å²) in [6, 6.07) is 4.99. The minimum Gasteiger partial charge on any atom is -0.397 e. The second-order valence-corrected chi connectivity index (χ2v) is 4.83. The van der Waals surface area contributed by atoms with E-state index in [1.165, 1.54) is 0 Å². The van der Waals surface area contributed by atoms with Crippen molar-refractivity contribution >= 4 is 22.1 Å². The number of nitrogens with two attached hydrogens (primary N) is 1. The maximum atomic E-state index is 12.9. The molecule has 1 aromatic carbocycles. The lowest BCUT2D eigenvalue weighted by atomic mass is 10.1. The number of benzene rings is 1. The molecule has 0 unspecified atom stereocenters. The van der Waals surface area contributed by atoms with Gasteiger partial charge >= 0.3 is 6.18 Å². The van der Waals surface area contributed by atoms with Crippen LogP contribution >= 0.6 is 0 Å². The first-order valence-electron chi connectivity index (χ1n) is 5.90. The van der Waals surface area contributed by atoms with Gasteiger partial charge in [-0.15, -0.1) is 0 Å². The molecule has 2 aromatic rings. The van der Waals surface area contributed by atoms with Crippen LogP contribution in [0.15, 0.2) is 30.6 Å². The zero-order valence-electron chi connectivity index (χ0n) is 9.96. The summed E-state index contributed by atoms with van der Waals surface area (Å²) < 4.78 is 38.7. The fraction of sp³-hybridized carbons (Fsp3) is 0.308. The van der Waals surface area contributed by atoms with Gasteiger partial charge in [-0.25, -0.2) is 0 Å². The van der Waals surface area contributed by atoms with E-state index in [9.17, 15) is 13.2 Å². The van der Waals surface area contributed by atoms with Crippen molar-refractivity contribution in [2.24, 2.45) is 0 Å². The largest absolute Gasteiger partial charge is 0.411 e. The lowest BCUT2D eigenvalue weighted by Crippen LogP contribution is -2.38. The van der Waals surface area contributed by atoms with Gasteiger partial charge in [0.15, 0.2) is 0 Å². The maximum absolute atomic E-state index is 12.9. The number of fused-ring (bicyclic) bond motifs is 1. The molecule has 1 aliphatic carbocycles. The predicted molar refractivity (Wildman–Crippen MR) is 67.8 cm³/mol. The highest BCUT2D eigenvalue weighted by atomic mass is 19.4. The molecule has 0 radical (unpaired) electrons. The van der Waals surface area contributed by atoms with Crippen molar-refractivity contribution in [2.75, 3.05) is 11.1 Å². The average Bonchev–Trinajstić information content (AvgIpc) is 3.14. The van der Waals surface area contributed by atoms with Crippen LogP contribution in [-0.4, -0.2) is 16.7 Å². The third kappa shape index (κ3) is 1.87. The van der Waals surface area contributed by atoms with Crippen molar-refractivity contribution in [1.82, 2.24) is 4.98 Å². The van der Waals surface area contributed by atoms with E-state index in [1.807, 2.05) is 0 Å². The molecular weight excluding hydrogens is 255 g/mol. The van der Waals surface area contributed by atoms with Crippen LogP contribution in [0.25, 0.3) is 10.8 Å². The van der Waals surface area contributed by atoms with Crippen LogP contribution in [0, 0.1) is 0 Å². The van der Waals surface area contributed by atoms with E-state index in [0.717, 1.165) is 5.39 Å². The average molecular weight is 267 g/mol. The zero-order valence-corrected chi connectivity index (χ0v) is 9.96. The van der Waals surface area contributed by atoms with E-state index in [0.29, 0.717) is 16.8 Å². The molecule has 19 heavy (non-hydrogen) atoms. The highest BCUT2D eigenvalue weighted by molar-refractivity contribution is 5.98. The van der Waals surface area contributed by atoms with Crippen LogP contribution in [0.3, 0.4) is 0 Å². The molecule has 1 heterocycles. The summed E-state index contributed by atoms with van der Waals surface area (Å²) in [5.41, 5.74) is 4.79. The molecule has 100 valence electrons. The number of hydrogen-bond donors (Lipinski definition) is 2. The molecule has 3 rings (SSSR count). The summed E-state index contributed by atoms with van der Waals surface area (Å²) in [6.45, 7) is 0. The molecule has 0 atom stereocenters. The molecule has 0 bridgehead atoms. The first-order valence-corrected chi connectivity index (χ1v) is 5.90. The van der Waals surface area contributed by atoms with Crippen LogP contribution in [0.4, 0.5) is 24.5 Å². The van der Waals surface area contributed by atoms with E-state index in [4.69, 9.17) is 5.73 Å². The summed E-state index contributed by atoms with van der Waals surface area (Å²) in [4.78, 5) is 3.95. The van der Waals surface area contributed by atoms with E-state index >= 15 is 0 Å². The third-order valence-corrected chi connectivity index (χ3v) is 3.53. The standard InChI is InChI=1S/C13H12F3N3/c14-13(15,16)12(4-5-12)19-10-2-1-8-7-18-6-3-9(8)11(10)17/h1-3,6-7,19H,4-5,17H2. The normalized spacial score (nSPS) is 17.4. The molecule has 0 aliphatic heterocycles. The Balaban J connectivity index is 2.01. The molecule has 0 saturated heterocycles. The van der Waals surface area contributed by atoms with Crippen molar-refractivity contribution in [3.63, 3.8) is 0 Å². The van der Waals surface area contributed by atoms with Crippen molar-refractivity contribution in [3.05, 3.63) is 30.6 Å². The molecular formula is C13H12F3N3. The van der Waals surface area contributed by atoms with Crippen LogP contribution in [0.1, 0.15) is 12.8 Å². The zero-order chi connectivity index (χ0) is 13.7. The van der Waals surface area contributed by atoms with E-state index < -0.39 is 11.7 Å². The number of alkyl halides is 3. The van der Waals surface area contributed by atoms with Gasteiger partial charge in [0, 0.05) is 23.2 Å². The van der Waals surface area contributed by atoms with Gasteiger partial charge in [-0.2, -0.15) is 13.2 Å². The van der Waals surface area contributed by atoms with Gasteiger partial charge in [-0.05, 0) is 25.0 Å². The van der Waals surface area contributed by atoms with Crippen LogP contribution in [-0.2, 0) is 0 Å². The Labute approximate surface area is 107 Å². The topological polar surface area (TPSA) is 50.9 Å². The molecule has 1 aliphatic rings. The monoisotopic (exact) mass is 267 g/mol. The fourth-order valence-corrected chi connectivity index (χ4v) is 2.16. The number of aromatic nitrogens is 1. The van der Waals surface area contributed by atoms with E-state index in [2.05, 4.69) is 10.3 Å². The Morgan fingerprint density at radius 2 is 1.95 bits per heavy atom. The second kappa shape index (κ2) is 3.76. The number of nitrogen functional groups attached to an aromatic ring is 1. The first-order chi connectivity index (χ1) is 8.93. The summed E-state index contributed by atoms with van der Waals surface area (Å²) in [6.07, 6.45) is -0.882. The molecule has 1 fully saturated rings. The third-order valence-electron chi connectivity index (χ3n) is 3.53. The van der Waals surface area contributed by atoms with Gasteiger partial charge < -0.3 is 11.1 Å². The molecule has 1 saturated carbocycles. The smallest absolute Gasteiger partial charge is 0.397 e. The summed E-state index contributed by atoms with van der Waals surface area (Å²) >= 11 is 0. The number of pyridine rings is 1. The Bertz CT molecular complexity index is 633. The Morgan fingerprint density at radius 1 is 1.21 bits per heavy atom. The molecule has 0 amide bonds. The highest BCUT2D eigenvalue weighted by Gasteiger charge is 2.63. The molecule has 6 heteroatoms. The predicted octanol–water partition coefficient (Wildman–Crippen LogP) is 3.32. The fourth-order valence-electron chi connectivity index (χ4n) is 2.16. The quantitative estimate of drug-likeness (QED) is 0.821. The lowest BCUT2D eigenvalue weighted by molar-refractivity contribution is -0.151. The molecule has 3 nitrogen and oxygen atoms in total. The van der Waals surface area contributed by atoms with Crippen LogP contribution in [0.5, 0.6) is 0 Å². The van der Waals surface area contributed by atoms with Gasteiger partial charge in [0.05, 0.1) is 11.4 Å². The SMILES string of the molecule is Nc1c(NC2(C(F)(F)F)CC2)ccc2cnccc12. The van der Waals surface area contributed by atoms with Crippen LogP contribution in [0.2, 0.25) is 0 Å². The second-order valence-electron chi connectivity index (χ2n) is 4.83. The Kier molecular flexibility index (Phi) is 2.39. The van der Waals surface area contributed by atoms with Gasteiger partial charge in [0.2, 0.25) is 0 Å². The maximum Gasteiger partial charge on any atom is 0.411 e. The van der Waals surface area contributed by atoms with Crippen LogP contribution < -0.4 is 11.1 Å².